The number of Topliss-reactive ketones (excluding diaryl/α,β-unsaturated/α-hetero) is 1. The summed E-state index contributed by atoms with van der Waals surface area (Å²) in [4.78, 5) is 63.0. The Balaban J connectivity index is 1.67. The quantitative estimate of drug-likeness (QED) is 0.411. The van der Waals surface area contributed by atoms with Gasteiger partial charge in [-0.15, -0.1) is 0 Å². The standard InChI is InChI=1S/C25H33N5O5/c1-25(2,3)29-24(35)21(32)17(12-16-9-7-11-26-22(16)33)28-20(31)14-27-23(34)19-13-15-8-5-6-10-18(15)30(19)4/h5-6,8,10,13,16-17H,7,9,11-12,14H2,1-4H3,(H,26,33)(H,27,34)(H,28,31)(H,29,35). The summed E-state index contributed by atoms with van der Waals surface area (Å²) < 4.78 is 1.73. The summed E-state index contributed by atoms with van der Waals surface area (Å²) in [6, 6.07) is 8.06. The van der Waals surface area contributed by atoms with Crippen molar-refractivity contribution in [3.63, 3.8) is 0 Å². The molecule has 10 heteroatoms. The van der Waals surface area contributed by atoms with Gasteiger partial charge < -0.3 is 25.8 Å². The number of para-hydroxylation sites is 1. The minimum Gasteiger partial charge on any atom is -0.356 e. The maximum atomic E-state index is 12.9. The number of nitrogens with zero attached hydrogens (tertiary/aromatic N) is 1. The molecule has 2 atom stereocenters. The van der Waals surface area contributed by atoms with Gasteiger partial charge in [0.1, 0.15) is 5.69 Å². The zero-order valence-electron chi connectivity index (χ0n) is 20.6. The third kappa shape index (κ3) is 6.68. The van der Waals surface area contributed by atoms with Crippen LogP contribution in [0.1, 0.15) is 50.5 Å². The van der Waals surface area contributed by atoms with Gasteiger partial charge in [-0.05, 0) is 52.2 Å². The molecule has 1 aliphatic rings. The summed E-state index contributed by atoms with van der Waals surface area (Å²) in [6.45, 7) is 5.39. The highest BCUT2D eigenvalue weighted by Crippen LogP contribution is 2.19. The lowest BCUT2D eigenvalue weighted by Crippen LogP contribution is -2.54. The number of carbonyl (C=O) groups excluding carboxylic acids is 5. The number of rotatable bonds is 8. The van der Waals surface area contributed by atoms with Gasteiger partial charge in [-0.2, -0.15) is 0 Å². The van der Waals surface area contributed by atoms with Crippen molar-refractivity contribution in [3.05, 3.63) is 36.0 Å². The molecule has 188 valence electrons. The van der Waals surface area contributed by atoms with Crippen molar-refractivity contribution in [2.45, 2.75) is 51.6 Å². The van der Waals surface area contributed by atoms with Gasteiger partial charge in [0.25, 0.3) is 11.8 Å². The van der Waals surface area contributed by atoms with Gasteiger partial charge in [0.2, 0.25) is 17.6 Å². The molecule has 0 saturated carbocycles. The first-order valence-corrected chi connectivity index (χ1v) is 11.7. The first kappa shape index (κ1) is 25.9. The van der Waals surface area contributed by atoms with Crippen LogP contribution >= 0.6 is 0 Å². The molecule has 1 fully saturated rings. The molecule has 1 saturated heterocycles. The summed E-state index contributed by atoms with van der Waals surface area (Å²) in [7, 11) is 1.76. The molecule has 1 aromatic carbocycles. The fraction of sp³-hybridized carbons (Fsp3) is 0.480. The molecule has 1 aromatic heterocycles. The van der Waals surface area contributed by atoms with E-state index in [9.17, 15) is 24.0 Å². The molecule has 2 heterocycles. The third-order valence-corrected chi connectivity index (χ3v) is 5.88. The van der Waals surface area contributed by atoms with E-state index in [1.54, 1.807) is 38.5 Å². The summed E-state index contributed by atoms with van der Waals surface area (Å²) >= 11 is 0. The zero-order valence-corrected chi connectivity index (χ0v) is 20.6. The van der Waals surface area contributed by atoms with Gasteiger partial charge >= 0.3 is 0 Å². The minimum atomic E-state index is -1.19. The van der Waals surface area contributed by atoms with Crippen LogP contribution in [0.5, 0.6) is 0 Å². The Labute approximate surface area is 204 Å². The van der Waals surface area contributed by atoms with E-state index >= 15 is 0 Å². The van der Waals surface area contributed by atoms with Crippen LogP contribution in [0.25, 0.3) is 10.9 Å². The number of benzene rings is 1. The second-order valence-electron chi connectivity index (χ2n) is 9.88. The van der Waals surface area contributed by atoms with Crippen LogP contribution in [-0.4, -0.2) is 58.6 Å². The molecule has 0 radical (unpaired) electrons. The van der Waals surface area contributed by atoms with Gasteiger partial charge in [-0.3, -0.25) is 24.0 Å². The number of nitrogens with one attached hydrogen (secondary N) is 4. The van der Waals surface area contributed by atoms with E-state index < -0.39 is 41.0 Å². The molecular formula is C25H33N5O5. The third-order valence-electron chi connectivity index (χ3n) is 5.88. The van der Waals surface area contributed by atoms with Crippen LogP contribution in [0.2, 0.25) is 0 Å². The molecule has 3 rings (SSSR count). The molecule has 0 bridgehead atoms. The largest absolute Gasteiger partial charge is 0.356 e. The molecule has 0 aliphatic carbocycles. The van der Waals surface area contributed by atoms with Crippen molar-refractivity contribution < 1.29 is 24.0 Å². The maximum Gasteiger partial charge on any atom is 0.290 e. The lowest BCUT2D eigenvalue weighted by atomic mass is 9.89. The number of hydrogen-bond acceptors (Lipinski definition) is 5. The fourth-order valence-electron chi connectivity index (χ4n) is 4.14. The van der Waals surface area contributed by atoms with Gasteiger partial charge in [-0.1, -0.05) is 18.2 Å². The van der Waals surface area contributed by atoms with Crippen molar-refractivity contribution in [2.24, 2.45) is 13.0 Å². The SMILES string of the molecule is Cn1c(C(=O)NCC(=O)NC(CC2CCCNC2=O)C(=O)C(=O)NC(C)(C)C)cc2ccccc21. The highest BCUT2D eigenvalue weighted by molar-refractivity contribution is 6.38. The van der Waals surface area contributed by atoms with E-state index in [4.69, 9.17) is 0 Å². The van der Waals surface area contributed by atoms with Crippen molar-refractivity contribution >= 4 is 40.3 Å². The number of aromatic nitrogens is 1. The number of piperidine rings is 1. The van der Waals surface area contributed by atoms with E-state index in [1.807, 2.05) is 24.3 Å². The average molecular weight is 484 g/mol. The maximum absolute atomic E-state index is 12.9. The molecule has 4 amide bonds. The molecule has 35 heavy (non-hydrogen) atoms. The highest BCUT2D eigenvalue weighted by atomic mass is 16.2. The van der Waals surface area contributed by atoms with Gasteiger partial charge in [0.05, 0.1) is 12.6 Å². The minimum absolute atomic E-state index is 0.00508. The van der Waals surface area contributed by atoms with Crippen molar-refractivity contribution in [3.8, 4) is 0 Å². The zero-order chi connectivity index (χ0) is 25.8. The highest BCUT2D eigenvalue weighted by Gasteiger charge is 2.34. The second kappa shape index (κ2) is 10.7. The molecule has 2 aromatic rings. The van der Waals surface area contributed by atoms with E-state index in [-0.39, 0.29) is 18.9 Å². The molecule has 10 nitrogen and oxygen atoms in total. The van der Waals surface area contributed by atoms with E-state index in [0.29, 0.717) is 18.7 Å². The van der Waals surface area contributed by atoms with Crippen LogP contribution in [0.4, 0.5) is 0 Å². The van der Waals surface area contributed by atoms with Crippen LogP contribution in [0.3, 0.4) is 0 Å². The number of ketones is 1. The lowest BCUT2D eigenvalue weighted by Gasteiger charge is -2.27. The Bertz CT molecular complexity index is 1150. The lowest BCUT2D eigenvalue weighted by molar-refractivity contribution is -0.141. The molecular weight excluding hydrogens is 450 g/mol. The smallest absolute Gasteiger partial charge is 0.290 e. The number of hydrogen-bond donors (Lipinski definition) is 4. The predicted molar refractivity (Wildman–Crippen MR) is 130 cm³/mol. The fourth-order valence-corrected chi connectivity index (χ4v) is 4.14. The normalized spacial score (nSPS) is 16.8. The first-order valence-electron chi connectivity index (χ1n) is 11.7. The summed E-state index contributed by atoms with van der Waals surface area (Å²) in [5.74, 6) is -3.44. The summed E-state index contributed by atoms with van der Waals surface area (Å²) in [6.07, 6.45) is 1.32. The number of carbonyl (C=O) groups is 5. The Morgan fingerprint density at radius 1 is 1.17 bits per heavy atom. The number of amides is 4. The summed E-state index contributed by atoms with van der Waals surface area (Å²) in [5.41, 5.74) is 0.620. The average Bonchev–Trinajstić information content (AvgIpc) is 3.13. The predicted octanol–water partition coefficient (Wildman–Crippen LogP) is 0.793. The Hall–Kier alpha value is -3.69. The van der Waals surface area contributed by atoms with Gasteiger partial charge in [0, 0.05) is 36.0 Å². The number of fused-ring (bicyclic) bond motifs is 1. The van der Waals surface area contributed by atoms with E-state index in [0.717, 1.165) is 17.3 Å². The van der Waals surface area contributed by atoms with Crippen molar-refractivity contribution in [1.82, 2.24) is 25.8 Å². The van der Waals surface area contributed by atoms with E-state index in [1.165, 1.54) is 0 Å². The monoisotopic (exact) mass is 483 g/mol. The topological polar surface area (TPSA) is 138 Å². The van der Waals surface area contributed by atoms with Crippen molar-refractivity contribution in [2.75, 3.05) is 13.1 Å². The number of aryl methyl sites for hydroxylation is 1. The van der Waals surface area contributed by atoms with Crippen LogP contribution in [0.15, 0.2) is 30.3 Å². The first-order chi connectivity index (χ1) is 16.5. The van der Waals surface area contributed by atoms with Gasteiger partial charge in [-0.25, -0.2) is 0 Å². The molecule has 1 aliphatic heterocycles. The Kier molecular flexibility index (Phi) is 7.93. The van der Waals surface area contributed by atoms with Crippen LogP contribution in [-0.2, 0) is 26.2 Å². The van der Waals surface area contributed by atoms with E-state index in [2.05, 4.69) is 21.3 Å². The molecule has 0 spiro atoms. The Morgan fingerprint density at radius 2 is 1.89 bits per heavy atom. The van der Waals surface area contributed by atoms with Crippen LogP contribution in [0, 0.1) is 5.92 Å². The second-order valence-corrected chi connectivity index (χ2v) is 9.88. The van der Waals surface area contributed by atoms with Crippen LogP contribution < -0.4 is 21.3 Å². The molecule has 4 N–H and O–H groups in total. The summed E-state index contributed by atoms with van der Waals surface area (Å²) in [5, 5.41) is 11.4. The van der Waals surface area contributed by atoms with Crippen molar-refractivity contribution in [1.29, 1.82) is 0 Å². The van der Waals surface area contributed by atoms with Gasteiger partial charge in [0.15, 0.2) is 0 Å². The molecule has 2 unspecified atom stereocenters. The Morgan fingerprint density at radius 3 is 2.54 bits per heavy atom.